The lowest BCUT2D eigenvalue weighted by Gasteiger charge is -2.37. The normalized spacial score (nSPS) is 15.6. The van der Waals surface area contributed by atoms with E-state index in [0.29, 0.717) is 17.2 Å². The molecule has 1 fully saturated rings. The van der Waals surface area contributed by atoms with Crippen molar-refractivity contribution in [1.29, 1.82) is 0 Å². The van der Waals surface area contributed by atoms with E-state index in [9.17, 15) is 9.59 Å². The van der Waals surface area contributed by atoms with E-state index in [1.54, 1.807) is 6.20 Å². The van der Waals surface area contributed by atoms with E-state index in [1.807, 2.05) is 23.9 Å². The van der Waals surface area contributed by atoms with Crippen LogP contribution in [0.2, 0.25) is 0 Å². The predicted molar refractivity (Wildman–Crippen MR) is 167 cm³/mol. The molecule has 1 aromatic carbocycles. The number of nitrogens with one attached hydrogen (secondary N) is 2. The summed E-state index contributed by atoms with van der Waals surface area (Å²) in [5, 5.41) is 8.46. The Labute approximate surface area is 246 Å². The topological polar surface area (TPSA) is 99.2 Å². The smallest absolute Gasteiger partial charge is 0.253 e. The summed E-state index contributed by atoms with van der Waals surface area (Å²) in [4.78, 5) is 39.2. The first kappa shape index (κ1) is 28.2. The van der Waals surface area contributed by atoms with E-state index in [4.69, 9.17) is 4.98 Å². The molecule has 6 rings (SSSR count). The van der Waals surface area contributed by atoms with E-state index in [2.05, 4.69) is 71.1 Å². The molecule has 1 aliphatic carbocycles. The van der Waals surface area contributed by atoms with Crippen molar-refractivity contribution >= 4 is 22.6 Å². The number of H-pyrrole nitrogens is 1. The molecule has 3 aromatic heterocycles. The number of hydrogen-bond donors (Lipinski definition) is 2. The molecule has 9 nitrogen and oxygen atoms in total. The van der Waals surface area contributed by atoms with Gasteiger partial charge in [0, 0.05) is 73.2 Å². The molecule has 4 aromatic rings. The number of aromatic amines is 1. The number of fused-ring (bicyclic) bond motifs is 2. The third-order valence-corrected chi connectivity index (χ3v) is 8.94. The Morgan fingerprint density at radius 3 is 2.43 bits per heavy atom. The SMILES string of the molecule is Cc1[nH]c(=O)c(CNC(=O)c2cc(-c3ccc(N4CCN(C(C)C)CC4)nc3)cc3c2cnn3C(C)C)c2c1CCC2. The number of anilines is 1. The second-order valence-electron chi connectivity index (χ2n) is 12.2. The summed E-state index contributed by atoms with van der Waals surface area (Å²) in [6.07, 6.45) is 6.55. The number of nitrogens with zero attached hydrogens (tertiary/aromatic N) is 5. The maximum absolute atomic E-state index is 13.7. The number of rotatable bonds is 7. The van der Waals surface area contributed by atoms with Gasteiger partial charge < -0.3 is 15.2 Å². The highest BCUT2D eigenvalue weighted by molar-refractivity contribution is 6.08. The average molecular weight is 568 g/mol. The molecule has 0 bridgehead atoms. The van der Waals surface area contributed by atoms with E-state index in [-0.39, 0.29) is 24.1 Å². The molecule has 1 aliphatic heterocycles. The van der Waals surface area contributed by atoms with Gasteiger partial charge in [-0.1, -0.05) is 0 Å². The van der Waals surface area contributed by atoms with Crippen molar-refractivity contribution in [3.8, 4) is 11.1 Å². The van der Waals surface area contributed by atoms with Crippen LogP contribution in [0, 0.1) is 6.92 Å². The van der Waals surface area contributed by atoms with Gasteiger partial charge in [-0.3, -0.25) is 19.2 Å². The van der Waals surface area contributed by atoms with Crippen LogP contribution < -0.4 is 15.8 Å². The average Bonchev–Trinajstić information content (AvgIpc) is 3.65. The molecule has 0 saturated carbocycles. The van der Waals surface area contributed by atoms with Crippen molar-refractivity contribution in [2.45, 2.75) is 72.5 Å². The van der Waals surface area contributed by atoms with Crippen LogP contribution in [0.15, 0.2) is 41.5 Å². The maximum atomic E-state index is 13.7. The number of benzene rings is 1. The van der Waals surface area contributed by atoms with E-state index < -0.39 is 0 Å². The molecule has 0 unspecified atom stereocenters. The third-order valence-electron chi connectivity index (χ3n) is 8.94. The van der Waals surface area contributed by atoms with Crippen LogP contribution in [0.25, 0.3) is 22.0 Å². The van der Waals surface area contributed by atoms with E-state index in [0.717, 1.165) is 84.5 Å². The van der Waals surface area contributed by atoms with Crippen LogP contribution >= 0.6 is 0 Å². The summed E-state index contributed by atoms with van der Waals surface area (Å²) in [5.41, 5.74) is 7.11. The first-order valence-corrected chi connectivity index (χ1v) is 15.2. The Bertz CT molecular complexity index is 1680. The Hall–Kier alpha value is -3.98. The largest absolute Gasteiger partial charge is 0.354 e. The van der Waals surface area contributed by atoms with Gasteiger partial charge in [-0.25, -0.2) is 4.98 Å². The highest BCUT2D eigenvalue weighted by Gasteiger charge is 2.23. The van der Waals surface area contributed by atoms with Crippen LogP contribution in [-0.2, 0) is 19.4 Å². The van der Waals surface area contributed by atoms with Crippen LogP contribution in [0.4, 0.5) is 5.82 Å². The summed E-state index contributed by atoms with van der Waals surface area (Å²) in [7, 11) is 0. The fraction of sp³-hybridized carbons (Fsp3) is 0.455. The summed E-state index contributed by atoms with van der Waals surface area (Å²) in [6, 6.07) is 8.87. The van der Waals surface area contributed by atoms with Gasteiger partial charge in [0.2, 0.25) is 0 Å². The lowest BCUT2D eigenvalue weighted by Crippen LogP contribution is -2.49. The maximum Gasteiger partial charge on any atom is 0.253 e. The van der Waals surface area contributed by atoms with Crippen LogP contribution in [0.5, 0.6) is 0 Å². The molecule has 0 spiro atoms. The molecular formula is C33H41N7O2. The molecule has 220 valence electrons. The number of hydrogen-bond acceptors (Lipinski definition) is 6. The Balaban J connectivity index is 1.29. The minimum absolute atomic E-state index is 0.114. The number of aromatic nitrogens is 4. The second kappa shape index (κ2) is 11.4. The molecule has 2 aliphatic rings. The predicted octanol–water partition coefficient (Wildman–Crippen LogP) is 4.63. The summed E-state index contributed by atoms with van der Waals surface area (Å²) >= 11 is 0. The zero-order chi connectivity index (χ0) is 29.5. The van der Waals surface area contributed by atoms with E-state index >= 15 is 0 Å². The minimum Gasteiger partial charge on any atom is -0.354 e. The molecule has 9 heteroatoms. The van der Waals surface area contributed by atoms with Gasteiger partial charge in [0.25, 0.3) is 11.5 Å². The van der Waals surface area contributed by atoms with Gasteiger partial charge in [-0.2, -0.15) is 5.10 Å². The van der Waals surface area contributed by atoms with Crippen molar-refractivity contribution in [3.63, 3.8) is 0 Å². The Kier molecular flexibility index (Phi) is 7.62. The van der Waals surface area contributed by atoms with Crippen molar-refractivity contribution in [2.75, 3.05) is 31.1 Å². The quantitative estimate of drug-likeness (QED) is 0.338. The van der Waals surface area contributed by atoms with Gasteiger partial charge in [0.15, 0.2) is 0 Å². The molecule has 4 heterocycles. The van der Waals surface area contributed by atoms with Crippen molar-refractivity contribution in [3.05, 3.63) is 75.0 Å². The molecule has 0 atom stereocenters. The van der Waals surface area contributed by atoms with Gasteiger partial charge in [-0.15, -0.1) is 0 Å². The summed E-state index contributed by atoms with van der Waals surface area (Å²) in [5.74, 6) is 0.758. The fourth-order valence-corrected chi connectivity index (χ4v) is 6.52. The first-order chi connectivity index (χ1) is 20.2. The van der Waals surface area contributed by atoms with Gasteiger partial charge in [0.05, 0.1) is 17.3 Å². The Morgan fingerprint density at radius 2 is 1.74 bits per heavy atom. The van der Waals surface area contributed by atoms with Crippen molar-refractivity contribution in [2.24, 2.45) is 0 Å². The number of aryl methyl sites for hydroxylation is 1. The molecule has 1 saturated heterocycles. The van der Waals surface area contributed by atoms with Gasteiger partial charge in [-0.05, 0) is 94.8 Å². The van der Waals surface area contributed by atoms with Crippen molar-refractivity contribution in [1.82, 2.24) is 30.0 Å². The number of amides is 1. The number of piperazine rings is 1. The third kappa shape index (κ3) is 5.22. The number of pyridine rings is 2. The standard InChI is InChI=1S/C33H41N7O2/c1-20(2)38-11-13-39(14-12-38)31-10-9-23(17-34-31)24-15-27(28-19-36-40(21(3)4)30(28)16-24)32(41)35-18-29-26-8-6-7-25(26)22(5)37-33(29)42/h9-10,15-17,19-21H,6-8,11-14,18H2,1-5H3,(H,35,41)(H,37,42). The van der Waals surface area contributed by atoms with E-state index in [1.165, 1.54) is 5.56 Å². The molecule has 1 amide bonds. The zero-order valence-electron chi connectivity index (χ0n) is 25.3. The first-order valence-electron chi connectivity index (χ1n) is 15.2. The lowest BCUT2D eigenvalue weighted by molar-refractivity contribution is 0.0952. The fourth-order valence-electron chi connectivity index (χ4n) is 6.52. The monoisotopic (exact) mass is 567 g/mol. The Morgan fingerprint density at radius 1 is 0.976 bits per heavy atom. The lowest BCUT2D eigenvalue weighted by atomic mass is 10.00. The van der Waals surface area contributed by atoms with Crippen molar-refractivity contribution < 1.29 is 4.79 Å². The van der Waals surface area contributed by atoms with Gasteiger partial charge in [0.1, 0.15) is 5.82 Å². The summed E-state index contributed by atoms with van der Waals surface area (Å²) < 4.78 is 1.95. The second-order valence-corrected chi connectivity index (χ2v) is 12.2. The molecule has 2 N–H and O–H groups in total. The minimum atomic E-state index is -0.218. The number of carbonyl (C=O) groups excluding carboxylic acids is 1. The number of carbonyl (C=O) groups is 1. The molecular weight excluding hydrogens is 526 g/mol. The highest BCUT2D eigenvalue weighted by atomic mass is 16.1. The van der Waals surface area contributed by atoms with Crippen LogP contribution in [0.3, 0.4) is 0 Å². The van der Waals surface area contributed by atoms with Gasteiger partial charge >= 0.3 is 0 Å². The highest BCUT2D eigenvalue weighted by Crippen LogP contribution is 2.31. The van der Waals surface area contributed by atoms with Crippen LogP contribution in [-0.4, -0.2) is 62.8 Å². The molecule has 0 radical (unpaired) electrons. The molecule has 42 heavy (non-hydrogen) atoms. The zero-order valence-corrected chi connectivity index (χ0v) is 25.3. The van der Waals surface area contributed by atoms with Crippen LogP contribution in [0.1, 0.15) is 72.9 Å². The summed E-state index contributed by atoms with van der Waals surface area (Å²) in [6.45, 7) is 14.8.